The Morgan fingerprint density at radius 1 is 1.29 bits per heavy atom. The van der Waals surface area contributed by atoms with Crippen LogP contribution in [-0.4, -0.2) is 42.0 Å². The average molecular weight is 236 g/mol. The Hall–Kier alpha value is -1.88. The van der Waals surface area contributed by atoms with Gasteiger partial charge in [0.25, 0.3) is 0 Å². The summed E-state index contributed by atoms with van der Waals surface area (Å²) in [6.45, 7) is 0. The van der Waals surface area contributed by atoms with Gasteiger partial charge in [-0.05, 0) is 26.2 Å². The van der Waals surface area contributed by atoms with Crippen LogP contribution in [0.5, 0.6) is 0 Å². The number of likely N-dealkylation sites (N-methyl/N-ethyl adjacent to an activating group) is 1. The molecule has 0 fully saturated rings. The molecule has 1 aromatic rings. The van der Waals surface area contributed by atoms with Gasteiger partial charge in [-0.25, -0.2) is 0 Å². The van der Waals surface area contributed by atoms with Crippen LogP contribution in [0.4, 0.5) is 5.69 Å². The highest BCUT2D eigenvalue weighted by Crippen LogP contribution is 2.07. The molecule has 1 atom stereocenters. The van der Waals surface area contributed by atoms with Crippen molar-refractivity contribution in [3.05, 3.63) is 30.3 Å². The average Bonchev–Trinajstić information content (AvgIpc) is 2.26. The van der Waals surface area contributed by atoms with Crippen LogP contribution in [-0.2, 0) is 9.59 Å². The molecule has 0 radical (unpaired) electrons. The van der Waals surface area contributed by atoms with Crippen molar-refractivity contribution < 1.29 is 14.7 Å². The molecule has 1 rings (SSSR count). The number of nitrogens with zero attached hydrogens (tertiary/aromatic N) is 1. The monoisotopic (exact) mass is 236 g/mol. The van der Waals surface area contributed by atoms with Crippen molar-refractivity contribution in [2.24, 2.45) is 0 Å². The molecule has 0 aliphatic rings. The van der Waals surface area contributed by atoms with E-state index in [1.165, 1.54) is 4.90 Å². The van der Waals surface area contributed by atoms with Crippen LogP contribution < -0.4 is 5.32 Å². The normalized spacial score (nSPS) is 12.2. The molecule has 0 heterocycles. The van der Waals surface area contributed by atoms with Crippen LogP contribution >= 0.6 is 0 Å². The topological polar surface area (TPSA) is 69.6 Å². The van der Waals surface area contributed by atoms with Crippen molar-refractivity contribution >= 4 is 17.6 Å². The zero-order chi connectivity index (χ0) is 12.8. The lowest BCUT2D eigenvalue weighted by Gasteiger charge is -2.19. The van der Waals surface area contributed by atoms with E-state index in [1.54, 1.807) is 38.4 Å². The van der Waals surface area contributed by atoms with Gasteiger partial charge in [-0.15, -0.1) is 0 Å². The SMILES string of the molecule is CN(C)C(CC(=O)Nc1ccccc1)C(=O)O. The van der Waals surface area contributed by atoms with Crippen LogP contribution in [0.1, 0.15) is 6.42 Å². The second-order valence-corrected chi connectivity index (χ2v) is 3.94. The predicted octanol–water partition coefficient (Wildman–Crippen LogP) is 1.03. The summed E-state index contributed by atoms with van der Waals surface area (Å²) in [5.41, 5.74) is 0.667. The molecule has 0 aromatic heterocycles. The number of nitrogens with one attached hydrogen (secondary N) is 1. The number of hydrogen-bond donors (Lipinski definition) is 2. The van der Waals surface area contributed by atoms with Gasteiger partial charge in [0.15, 0.2) is 0 Å². The number of carbonyl (C=O) groups is 2. The van der Waals surface area contributed by atoms with Crippen LogP contribution in [0.2, 0.25) is 0 Å². The van der Waals surface area contributed by atoms with Gasteiger partial charge in [0.1, 0.15) is 6.04 Å². The summed E-state index contributed by atoms with van der Waals surface area (Å²) in [5, 5.41) is 11.6. The standard InChI is InChI=1S/C12H16N2O3/c1-14(2)10(12(16)17)8-11(15)13-9-6-4-3-5-7-9/h3-7,10H,8H2,1-2H3,(H,13,15)(H,16,17). The Morgan fingerprint density at radius 2 is 1.88 bits per heavy atom. The maximum atomic E-state index is 11.6. The number of carboxylic acid groups (broad SMARTS) is 1. The van der Waals surface area contributed by atoms with E-state index in [-0.39, 0.29) is 12.3 Å². The first-order chi connectivity index (χ1) is 8.00. The zero-order valence-corrected chi connectivity index (χ0v) is 9.88. The molecule has 2 N–H and O–H groups in total. The van der Waals surface area contributed by atoms with Gasteiger partial charge in [-0.3, -0.25) is 14.5 Å². The lowest BCUT2D eigenvalue weighted by atomic mass is 10.2. The fraction of sp³-hybridized carbons (Fsp3) is 0.333. The largest absolute Gasteiger partial charge is 0.480 e. The third-order valence-electron chi connectivity index (χ3n) is 2.34. The van der Waals surface area contributed by atoms with E-state index < -0.39 is 12.0 Å². The fourth-order valence-electron chi connectivity index (χ4n) is 1.40. The van der Waals surface area contributed by atoms with Gasteiger partial charge in [0.05, 0.1) is 6.42 Å². The molecule has 5 nitrogen and oxygen atoms in total. The van der Waals surface area contributed by atoms with Gasteiger partial charge in [-0.1, -0.05) is 18.2 Å². The van der Waals surface area contributed by atoms with E-state index in [1.807, 2.05) is 6.07 Å². The summed E-state index contributed by atoms with van der Waals surface area (Å²) in [4.78, 5) is 24.0. The first-order valence-corrected chi connectivity index (χ1v) is 5.25. The molecule has 1 amide bonds. The molecular formula is C12H16N2O3. The van der Waals surface area contributed by atoms with Gasteiger partial charge in [0, 0.05) is 5.69 Å². The van der Waals surface area contributed by atoms with Gasteiger partial charge in [-0.2, -0.15) is 0 Å². The third-order valence-corrected chi connectivity index (χ3v) is 2.34. The molecule has 0 spiro atoms. The first-order valence-electron chi connectivity index (χ1n) is 5.25. The maximum absolute atomic E-state index is 11.6. The van der Waals surface area contributed by atoms with Gasteiger partial charge >= 0.3 is 5.97 Å². The second kappa shape index (κ2) is 6.00. The number of anilines is 1. The minimum Gasteiger partial charge on any atom is -0.480 e. The van der Waals surface area contributed by atoms with Crippen molar-refractivity contribution in [2.45, 2.75) is 12.5 Å². The number of rotatable bonds is 5. The van der Waals surface area contributed by atoms with Crippen LogP contribution in [0.15, 0.2) is 30.3 Å². The maximum Gasteiger partial charge on any atom is 0.321 e. The lowest BCUT2D eigenvalue weighted by molar-refractivity contribution is -0.144. The Balaban J connectivity index is 2.57. The third kappa shape index (κ3) is 4.24. The number of carboxylic acids is 1. The Bertz CT molecular complexity index is 390. The van der Waals surface area contributed by atoms with Crippen molar-refractivity contribution in [3.63, 3.8) is 0 Å². The van der Waals surface area contributed by atoms with Crippen molar-refractivity contribution in [1.29, 1.82) is 0 Å². The molecule has 0 saturated heterocycles. The zero-order valence-electron chi connectivity index (χ0n) is 9.88. The summed E-state index contributed by atoms with van der Waals surface area (Å²) in [7, 11) is 3.27. The highest BCUT2D eigenvalue weighted by atomic mass is 16.4. The number of hydrogen-bond acceptors (Lipinski definition) is 3. The Kier molecular flexibility index (Phi) is 4.66. The van der Waals surface area contributed by atoms with E-state index in [9.17, 15) is 9.59 Å². The van der Waals surface area contributed by atoms with Crippen LogP contribution in [0, 0.1) is 0 Å². The van der Waals surface area contributed by atoms with Crippen LogP contribution in [0.25, 0.3) is 0 Å². The fourth-order valence-corrected chi connectivity index (χ4v) is 1.40. The molecule has 1 aromatic carbocycles. The molecule has 1 unspecified atom stereocenters. The van der Waals surface area contributed by atoms with E-state index in [4.69, 9.17) is 5.11 Å². The molecule has 17 heavy (non-hydrogen) atoms. The number of benzene rings is 1. The Morgan fingerprint density at radius 3 is 2.35 bits per heavy atom. The summed E-state index contributed by atoms with van der Waals surface area (Å²) in [6, 6.07) is 8.15. The molecule has 92 valence electrons. The second-order valence-electron chi connectivity index (χ2n) is 3.94. The minimum absolute atomic E-state index is 0.0722. The number of carbonyl (C=O) groups excluding carboxylic acids is 1. The Labute approximate surface area is 100 Å². The van der Waals surface area contributed by atoms with E-state index >= 15 is 0 Å². The summed E-state index contributed by atoms with van der Waals surface area (Å²) < 4.78 is 0. The van der Waals surface area contributed by atoms with E-state index in [0.717, 1.165) is 0 Å². The molecule has 5 heteroatoms. The minimum atomic E-state index is -1.00. The summed E-state index contributed by atoms with van der Waals surface area (Å²) >= 11 is 0. The first kappa shape index (κ1) is 13.2. The highest BCUT2D eigenvalue weighted by molar-refractivity contribution is 5.93. The quantitative estimate of drug-likeness (QED) is 0.801. The molecule has 0 aliphatic carbocycles. The van der Waals surface area contributed by atoms with E-state index in [0.29, 0.717) is 5.69 Å². The summed E-state index contributed by atoms with van der Waals surface area (Å²) in [5.74, 6) is -1.31. The number of aliphatic carboxylic acids is 1. The van der Waals surface area contributed by atoms with Crippen LogP contribution in [0.3, 0.4) is 0 Å². The molecule has 0 bridgehead atoms. The predicted molar refractivity (Wildman–Crippen MR) is 64.8 cm³/mol. The smallest absolute Gasteiger partial charge is 0.321 e. The lowest BCUT2D eigenvalue weighted by Crippen LogP contribution is -2.38. The molecule has 0 saturated carbocycles. The van der Waals surface area contributed by atoms with Gasteiger partial charge in [0.2, 0.25) is 5.91 Å². The van der Waals surface area contributed by atoms with E-state index in [2.05, 4.69) is 5.32 Å². The van der Waals surface area contributed by atoms with Crippen molar-refractivity contribution in [1.82, 2.24) is 4.90 Å². The van der Waals surface area contributed by atoms with Crippen molar-refractivity contribution in [2.75, 3.05) is 19.4 Å². The number of amides is 1. The molecule has 0 aliphatic heterocycles. The highest BCUT2D eigenvalue weighted by Gasteiger charge is 2.23. The number of para-hydroxylation sites is 1. The van der Waals surface area contributed by atoms with Crippen molar-refractivity contribution in [3.8, 4) is 0 Å². The molecular weight excluding hydrogens is 220 g/mol. The van der Waals surface area contributed by atoms with Gasteiger partial charge < -0.3 is 10.4 Å². The summed E-state index contributed by atoms with van der Waals surface area (Å²) in [6.07, 6.45) is -0.0722.